The minimum atomic E-state index is -3.55. The number of nitro groups is 1. The predicted octanol–water partition coefficient (Wildman–Crippen LogP) is 2.88. The number of non-ortho nitro benzene ring substituents is 1. The zero-order valence-electron chi connectivity index (χ0n) is 12.1. The van der Waals surface area contributed by atoms with Crippen molar-refractivity contribution < 1.29 is 13.3 Å². The van der Waals surface area contributed by atoms with Gasteiger partial charge in [0.25, 0.3) is 5.69 Å². The van der Waals surface area contributed by atoms with Crippen LogP contribution in [0.1, 0.15) is 5.56 Å². The van der Waals surface area contributed by atoms with E-state index in [1.54, 1.807) is 24.3 Å². The Kier molecular flexibility index (Phi) is 5.34. The number of rotatable bonds is 6. The summed E-state index contributed by atoms with van der Waals surface area (Å²) in [5, 5.41) is 13.8. The van der Waals surface area contributed by atoms with Crippen LogP contribution in [-0.2, 0) is 16.6 Å². The first-order chi connectivity index (χ1) is 10.8. The van der Waals surface area contributed by atoms with Crippen molar-refractivity contribution >= 4 is 37.3 Å². The fourth-order valence-electron chi connectivity index (χ4n) is 1.97. The summed E-state index contributed by atoms with van der Waals surface area (Å²) in [7, 11) is -2.20. The van der Waals surface area contributed by atoms with Crippen LogP contribution in [0.25, 0.3) is 0 Å². The fourth-order valence-corrected chi connectivity index (χ4v) is 3.44. The van der Waals surface area contributed by atoms with Crippen molar-refractivity contribution in [3.63, 3.8) is 0 Å². The normalized spacial score (nSPS) is 11.2. The maximum Gasteiger partial charge on any atom is 0.270 e. The molecule has 0 amide bonds. The number of sulfonamides is 1. The van der Waals surface area contributed by atoms with Gasteiger partial charge in [0.15, 0.2) is 0 Å². The van der Waals surface area contributed by atoms with E-state index in [1.807, 2.05) is 0 Å². The molecule has 2 aromatic carbocycles. The fraction of sp³-hybridized carbons (Fsp3) is 0.143. The zero-order valence-corrected chi connectivity index (χ0v) is 14.5. The molecule has 0 atom stereocenters. The number of hydrogen-bond donors (Lipinski definition) is 2. The molecule has 0 saturated heterocycles. The number of anilines is 1. The van der Waals surface area contributed by atoms with E-state index in [0.717, 1.165) is 0 Å². The Hall–Kier alpha value is -1.97. The Balaban J connectivity index is 2.24. The van der Waals surface area contributed by atoms with E-state index in [2.05, 4.69) is 26.0 Å². The first-order valence-corrected chi connectivity index (χ1v) is 8.82. The summed E-state index contributed by atoms with van der Waals surface area (Å²) in [6.45, 7) is 0.257. The van der Waals surface area contributed by atoms with E-state index in [9.17, 15) is 18.5 Å². The number of nitro benzene ring substituents is 1. The average Bonchev–Trinajstić information content (AvgIpc) is 2.53. The summed E-state index contributed by atoms with van der Waals surface area (Å²) in [5.74, 6) is 0. The molecule has 0 aliphatic heterocycles. The SMILES string of the molecule is CNS(=O)(=O)c1ccccc1CNc1ccc([N+](=O)[O-])cc1Br. The standard InChI is InChI=1S/C14H14BrN3O4S/c1-16-23(21,22)14-5-3-2-4-10(14)9-17-13-7-6-11(18(19)20)8-12(13)15/h2-8,16-17H,9H2,1H3. The van der Waals surface area contributed by atoms with Gasteiger partial charge in [-0.25, -0.2) is 13.1 Å². The highest BCUT2D eigenvalue weighted by molar-refractivity contribution is 9.10. The summed E-state index contributed by atoms with van der Waals surface area (Å²) >= 11 is 3.26. The Bertz CT molecular complexity index is 840. The summed E-state index contributed by atoms with van der Waals surface area (Å²) in [6.07, 6.45) is 0. The average molecular weight is 400 g/mol. The predicted molar refractivity (Wildman–Crippen MR) is 90.8 cm³/mol. The molecule has 0 spiro atoms. The van der Waals surface area contributed by atoms with E-state index in [4.69, 9.17) is 0 Å². The lowest BCUT2D eigenvalue weighted by molar-refractivity contribution is -0.384. The molecule has 2 N–H and O–H groups in total. The van der Waals surface area contributed by atoms with Gasteiger partial charge in [-0.05, 0) is 40.7 Å². The molecule has 2 rings (SSSR count). The number of nitrogens with zero attached hydrogens (tertiary/aromatic N) is 1. The Morgan fingerprint density at radius 1 is 1.22 bits per heavy atom. The van der Waals surface area contributed by atoms with Crippen LogP contribution < -0.4 is 10.0 Å². The van der Waals surface area contributed by atoms with Crippen molar-refractivity contribution in [1.29, 1.82) is 0 Å². The lowest BCUT2D eigenvalue weighted by Crippen LogP contribution is -2.20. The second-order valence-electron chi connectivity index (χ2n) is 4.59. The molecule has 0 aliphatic rings. The monoisotopic (exact) mass is 399 g/mol. The molecule has 0 unspecified atom stereocenters. The molecule has 2 aromatic rings. The minimum Gasteiger partial charge on any atom is -0.380 e. The lowest BCUT2D eigenvalue weighted by atomic mass is 10.2. The van der Waals surface area contributed by atoms with Gasteiger partial charge >= 0.3 is 0 Å². The van der Waals surface area contributed by atoms with Gasteiger partial charge in [-0.15, -0.1) is 0 Å². The molecule has 0 aromatic heterocycles. The Labute approximate surface area is 142 Å². The molecule has 9 heteroatoms. The molecular weight excluding hydrogens is 386 g/mol. The molecule has 0 heterocycles. The number of halogens is 1. The first kappa shape index (κ1) is 17.4. The second-order valence-corrected chi connectivity index (χ2v) is 7.30. The van der Waals surface area contributed by atoms with Crippen LogP contribution >= 0.6 is 15.9 Å². The van der Waals surface area contributed by atoms with Crippen molar-refractivity contribution in [1.82, 2.24) is 4.72 Å². The zero-order chi connectivity index (χ0) is 17.0. The molecule has 23 heavy (non-hydrogen) atoms. The van der Waals surface area contributed by atoms with Gasteiger partial charge in [0.05, 0.1) is 9.82 Å². The van der Waals surface area contributed by atoms with Gasteiger partial charge < -0.3 is 5.32 Å². The van der Waals surface area contributed by atoms with E-state index in [0.29, 0.717) is 15.7 Å². The van der Waals surface area contributed by atoms with Crippen molar-refractivity contribution in [2.75, 3.05) is 12.4 Å². The second kappa shape index (κ2) is 7.07. The third-order valence-electron chi connectivity index (χ3n) is 3.16. The highest BCUT2D eigenvalue weighted by Crippen LogP contribution is 2.28. The van der Waals surface area contributed by atoms with Crippen LogP contribution in [0.15, 0.2) is 51.8 Å². The Morgan fingerprint density at radius 2 is 1.91 bits per heavy atom. The molecule has 0 bridgehead atoms. The highest BCUT2D eigenvalue weighted by atomic mass is 79.9. The van der Waals surface area contributed by atoms with Gasteiger partial charge in [-0.3, -0.25) is 10.1 Å². The maximum absolute atomic E-state index is 12.0. The van der Waals surface area contributed by atoms with Crippen LogP contribution in [0.4, 0.5) is 11.4 Å². The molecular formula is C14H14BrN3O4S. The third-order valence-corrected chi connectivity index (χ3v) is 5.33. The highest BCUT2D eigenvalue weighted by Gasteiger charge is 2.16. The van der Waals surface area contributed by atoms with Gasteiger partial charge in [0.1, 0.15) is 0 Å². The topological polar surface area (TPSA) is 101 Å². The smallest absolute Gasteiger partial charge is 0.270 e. The van der Waals surface area contributed by atoms with Gasteiger partial charge in [0.2, 0.25) is 10.0 Å². The largest absolute Gasteiger partial charge is 0.380 e. The minimum absolute atomic E-state index is 0.0272. The van der Waals surface area contributed by atoms with Gasteiger partial charge in [0, 0.05) is 28.8 Å². The van der Waals surface area contributed by atoms with Crippen LogP contribution in [0.5, 0.6) is 0 Å². The van der Waals surface area contributed by atoms with E-state index in [1.165, 1.54) is 25.2 Å². The van der Waals surface area contributed by atoms with Gasteiger partial charge in [-0.1, -0.05) is 18.2 Å². The number of benzene rings is 2. The van der Waals surface area contributed by atoms with Crippen molar-refractivity contribution in [2.45, 2.75) is 11.4 Å². The van der Waals surface area contributed by atoms with E-state index < -0.39 is 14.9 Å². The molecule has 0 fully saturated rings. The van der Waals surface area contributed by atoms with E-state index >= 15 is 0 Å². The van der Waals surface area contributed by atoms with Gasteiger partial charge in [-0.2, -0.15) is 0 Å². The molecule has 0 aliphatic carbocycles. The van der Waals surface area contributed by atoms with Crippen molar-refractivity contribution in [2.24, 2.45) is 0 Å². The van der Waals surface area contributed by atoms with E-state index in [-0.39, 0.29) is 17.1 Å². The molecule has 122 valence electrons. The molecule has 7 nitrogen and oxygen atoms in total. The van der Waals surface area contributed by atoms with Crippen molar-refractivity contribution in [3.8, 4) is 0 Å². The summed E-state index contributed by atoms with van der Waals surface area (Å²) in [6, 6.07) is 11.0. The van der Waals surface area contributed by atoms with Crippen LogP contribution in [0, 0.1) is 10.1 Å². The van der Waals surface area contributed by atoms with Crippen LogP contribution in [-0.4, -0.2) is 20.4 Å². The van der Waals surface area contributed by atoms with Crippen LogP contribution in [0.3, 0.4) is 0 Å². The maximum atomic E-state index is 12.0. The number of hydrogen-bond acceptors (Lipinski definition) is 5. The van der Waals surface area contributed by atoms with Crippen molar-refractivity contribution in [3.05, 3.63) is 62.6 Å². The first-order valence-electron chi connectivity index (χ1n) is 6.54. The summed E-state index contributed by atoms with van der Waals surface area (Å²) in [5.41, 5.74) is 1.19. The third kappa shape index (κ3) is 4.06. The number of nitrogens with one attached hydrogen (secondary N) is 2. The Morgan fingerprint density at radius 3 is 2.52 bits per heavy atom. The molecule has 0 radical (unpaired) electrons. The summed E-state index contributed by atoms with van der Waals surface area (Å²) in [4.78, 5) is 10.4. The summed E-state index contributed by atoms with van der Waals surface area (Å²) < 4.78 is 26.8. The molecule has 0 saturated carbocycles. The quantitative estimate of drug-likeness (QED) is 0.574. The van der Waals surface area contributed by atoms with Crippen LogP contribution in [0.2, 0.25) is 0 Å². The lowest BCUT2D eigenvalue weighted by Gasteiger charge is -2.12.